The topological polar surface area (TPSA) is 26.3 Å². The van der Waals surface area contributed by atoms with E-state index in [1.165, 1.54) is 51.4 Å². The standard InChI is InChI=1S/C17H34O2/c1-5-7-9-11-16(12-10-8-6-2)13-14-19-17(18)15(3)4/h15-16H,5-14H2,1-4H3. The number of carbonyl (C=O) groups is 1. The lowest BCUT2D eigenvalue weighted by Gasteiger charge is -2.17. The minimum absolute atomic E-state index is 0.00127. The van der Waals surface area contributed by atoms with Gasteiger partial charge in [0.05, 0.1) is 12.5 Å². The summed E-state index contributed by atoms with van der Waals surface area (Å²) >= 11 is 0. The molecule has 0 aromatic rings. The first-order chi connectivity index (χ1) is 9.11. The molecule has 0 aliphatic rings. The van der Waals surface area contributed by atoms with E-state index in [2.05, 4.69) is 13.8 Å². The first-order valence-corrected chi connectivity index (χ1v) is 8.28. The Labute approximate surface area is 120 Å². The quantitative estimate of drug-likeness (QED) is 0.353. The van der Waals surface area contributed by atoms with E-state index in [0.29, 0.717) is 6.61 Å². The van der Waals surface area contributed by atoms with Crippen LogP contribution in [-0.2, 0) is 9.53 Å². The van der Waals surface area contributed by atoms with Gasteiger partial charge in [0, 0.05) is 0 Å². The predicted octanol–water partition coefficient (Wildman–Crippen LogP) is 5.35. The van der Waals surface area contributed by atoms with Gasteiger partial charge in [-0.25, -0.2) is 0 Å². The molecule has 0 unspecified atom stereocenters. The van der Waals surface area contributed by atoms with E-state index < -0.39 is 0 Å². The number of esters is 1. The number of unbranched alkanes of at least 4 members (excludes halogenated alkanes) is 4. The zero-order chi connectivity index (χ0) is 14.5. The number of ether oxygens (including phenoxy) is 1. The van der Waals surface area contributed by atoms with Crippen LogP contribution in [0.4, 0.5) is 0 Å². The van der Waals surface area contributed by atoms with Gasteiger partial charge >= 0.3 is 5.97 Å². The second-order valence-electron chi connectivity index (χ2n) is 5.97. The predicted molar refractivity (Wildman–Crippen MR) is 82.2 cm³/mol. The molecule has 0 aliphatic carbocycles. The summed E-state index contributed by atoms with van der Waals surface area (Å²) in [7, 11) is 0. The van der Waals surface area contributed by atoms with Crippen molar-refractivity contribution in [1.29, 1.82) is 0 Å². The maximum absolute atomic E-state index is 11.4. The van der Waals surface area contributed by atoms with E-state index in [4.69, 9.17) is 4.74 Å². The van der Waals surface area contributed by atoms with Gasteiger partial charge in [0.15, 0.2) is 0 Å². The van der Waals surface area contributed by atoms with Crippen LogP contribution in [0.1, 0.15) is 85.5 Å². The Hall–Kier alpha value is -0.530. The molecule has 0 atom stereocenters. The summed E-state index contributed by atoms with van der Waals surface area (Å²) in [4.78, 5) is 11.4. The fraction of sp³-hybridized carbons (Fsp3) is 0.941. The van der Waals surface area contributed by atoms with Crippen LogP contribution in [0.3, 0.4) is 0 Å². The van der Waals surface area contributed by atoms with E-state index >= 15 is 0 Å². The van der Waals surface area contributed by atoms with Crippen molar-refractivity contribution >= 4 is 5.97 Å². The van der Waals surface area contributed by atoms with E-state index in [0.717, 1.165) is 12.3 Å². The van der Waals surface area contributed by atoms with Crippen LogP contribution in [0.2, 0.25) is 0 Å². The highest BCUT2D eigenvalue weighted by Gasteiger charge is 2.12. The van der Waals surface area contributed by atoms with E-state index in [-0.39, 0.29) is 11.9 Å². The minimum Gasteiger partial charge on any atom is -0.465 e. The third kappa shape index (κ3) is 11.0. The van der Waals surface area contributed by atoms with Crippen molar-refractivity contribution in [2.24, 2.45) is 11.8 Å². The number of carbonyl (C=O) groups excluding carboxylic acids is 1. The molecular formula is C17H34O2. The lowest BCUT2D eigenvalue weighted by Crippen LogP contribution is -2.14. The summed E-state index contributed by atoms with van der Waals surface area (Å²) in [5.41, 5.74) is 0. The van der Waals surface area contributed by atoms with Gasteiger partial charge in [-0.05, 0) is 12.3 Å². The highest BCUT2D eigenvalue weighted by molar-refractivity contribution is 5.71. The molecule has 0 N–H and O–H groups in total. The molecule has 0 spiro atoms. The Kier molecular flexibility index (Phi) is 12.2. The lowest BCUT2D eigenvalue weighted by molar-refractivity contribution is -0.147. The molecule has 0 aromatic heterocycles. The molecule has 0 aromatic carbocycles. The average molecular weight is 270 g/mol. The highest BCUT2D eigenvalue weighted by Crippen LogP contribution is 2.21. The van der Waals surface area contributed by atoms with Crippen molar-refractivity contribution < 1.29 is 9.53 Å². The van der Waals surface area contributed by atoms with E-state index in [1.807, 2.05) is 13.8 Å². The summed E-state index contributed by atoms with van der Waals surface area (Å²) in [5.74, 6) is 0.692. The molecule has 0 aliphatic heterocycles. The van der Waals surface area contributed by atoms with Crippen LogP contribution in [0.15, 0.2) is 0 Å². The van der Waals surface area contributed by atoms with Gasteiger partial charge in [-0.15, -0.1) is 0 Å². The van der Waals surface area contributed by atoms with Crippen molar-refractivity contribution in [3.05, 3.63) is 0 Å². The molecule has 114 valence electrons. The van der Waals surface area contributed by atoms with Crippen molar-refractivity contribution in [3.63, 3.8) is 0 Å². The van der Waals surface area contributed by atoms with Gasteiger partial charge in [-0.1, -0.05) is 79.1 Å². The molecule has 0 bridgehead atoms. The van der Waals surface area contributed by atoms with Gasteiger partial charge in [0.25, 0.3) is 0 Å². The smallest absolute Gasteiger partial charge is 0.308 e. The van der Waals surface area contributed by atoms with Crippen LogP contribution in [0.5, 0.6) is 0 Å². The minimum atomic E-state index is -0.0548. The maximum atomic E-state index is 11.4. The zero-order valence-electron chi connectivity index (χ0n) is 13.5. The molecule has 0 saturated heterocycles. The Morgan fingerprint density at radius 1 is 0.895 bits per heavy atom. The van der Waals surface area contributed by atoms with Crippen LogP contribution in [0, 0.1) is 11.8 Å². The van der Waals surface area contributed by atoms with E-state index in [1.54, 1.807) is 0 Å². The first-order valence-electron chi connectivity index (χ1n) is 8.28. The Bertz CT molecular complexity index is 201. The van der Waals surface area contributed by atoms with Crippen molar-refractivity contribution in [2.75, 3.05) is 6.61 Å². The third-order valence-corrected chi connectivity index (χ3v) is 3.67. The van der Waals surface area contributed by atoms with Crippen molar-refractivity contribution in [1.82, 2.24) is 0 Å². The Morgan fingerprint density at radius 3 is 1.84 bits per heavy atom. The molecule has 0 amide bonds. The van der Waals surface area contributed by atoms with Crippen LogP contribution < -0.4 is 0 Å². The summed E-state index contributed by atoms with van der Waals surface area (Å²) in [6.07, 6.45) is 11.5. The molecule has 19 heavy (non-hydrogen) atoms. The molecule has 0 saturated carbocycles. The Balaban J connectivity index is 3.85. The van der Waals surface area contributed by atoms with Crippen molar-refractivity contribution in [3.8, 4) is 0 Å². The van der Waals surface area contributed by atoms with Gasteiger partial charge in [0.1, 0.15) is 0 Å². The van der Waals surface area contributed by atoms with Gasteiger partial charge in [0.2, 0.25) is 0 Å². The summed E-state index contributed by atoms with van der Waals surface area (Å²) in [5, 5.41) is 0. The van der Waals surface area contributed by atoms with E-state index in [9.17, 15) is 4.79 Å². The van der Waals surface area contributed by atoms with Crippen LogP contribution in [-0.4, -0.2) is 12.6 Å². The summed E-state index contributed by atoms with van der Waals surface area (Å²) < 4.78 is 5.31. The second-order valence-corrected chi connectivity index (χ2v) is 5.97. The highest BCUT2D eigenvalue weighted by atomic mass is 16.5. The molecular weight excluding hydrogens is 236 g/mol. The SMILES string of the molecule is CCCCCC(CCCCC)CCOC(=O)C(C)C. The zero-order valence-corrected chi connectivity index (χ0v) is 13.5. The van der Waals surface area contributed by atoms with Crippen LogP contribution >= 0.6 is 0 Å². The summed E-state index contributed by atoms with van der Waals surface area (Å²) in [6, 6.07) is 0. The largest absolute Gasteiger partial charge is 0.465 e. The lowest BCUT2D eigenvalue weighted by atomic mass is 9.92. The average Bonchev–Trinajstić information content (AvgIpc) is 2.38. The maximum Gasteiger partial charge on any atom is 0.308 e. The number of rotatable bonds is 12. The van der Waals surface area contributed by atoms with Gasteiger partial charge in [-0.2, -0.15) is 0 Å². The van der Waals surface area contributed by atoms with Crippen molar-refractivity contribution in [2.45, 2.75) is 85.5 Å². The fourth-order valence-corrected chi connectivity index (χ4v) is 2.29. The van der Waals surface area contributed by atoms with Crippen LogP contribution in [0.25, 0.3) is 0 Å². The molecule has 0 radical (unpaired) electrons. The second kappa shape index (κ2) is 12.5. The Morgan fingerprint density at radius 2 is 1.42 bits per heavy atom. The number of hydrogen-bond acceptors (Lipinski definition) is 2. The van der Waals surface area contributed by atoms with Gasteiger partial charge < -0.3 is 4.74 Å². The molecule has 0 heterocycles. The normalized spacial score (nSPS) is 11.3. The molecule has 2 nitrogen and oxygen atoms in total. The summed E-state index contributed by atoms with van der Waals surface area (Å²) in [6.45, 7) is 8.89. The monoisotopic (exact) mass is 270 g/mol. The third-order valence-electron chi connectivity index (χ3n) is 3.67. The van der Waals surface area contributed by atoms with Gasteiger partial charge in [-0.3, -0.25) is 4.79 Å². The fourth-order valence-electron chi connectivity index (χ4n) is 2.29. The molecule has 0 fully saturated rings. The number of hydrogen-bond donors (Lipinski definition) is 0. The first kappa shape index (κ1) is 18.5. The molecule has 0 rings (SSSR count). The molecule has 2 heteroatoms.